The van der Waals surface area contributed by atoms with Crippen LogP contribution in [0, 0.1) is 5.41 Å². The second kappa shape index (κ2) is 4.73. The van der Waals surface area contributed by atoms with E-state index in [-0.39, 0.29) is 5.41 Å². The molecule has 0 bridgehead atoms. The third-order valence-corrected chi connectivity index (χ3v) is 2.09. The van der Waals surface area contributed by atoms with Crippen molar-refractivity contribution in [2.45, 2.75) is 53.0 Å². The van der Waals surface area contributed by atoms with E-state index in [1.165, 1.54) is 19.3 Å². The molecule has 0 heterocycles. The Morgan fingerprint density at radius 3 is 2.18 bits per heavy atom. The molecule has 3 N–H and O–H groups in total. The van der Waals surface area contributed by atoms with E-state index in [0.717, 1.165) is 0 Å². The van der Waals surface area contributed by atoms with E-state index in [9.17, 15) is 0 Å². The second-order valence-corrected chi connectivity index (χ2v) is 4.23. The van der Waals surface area contributed by atoms with Crippen molar-refractivity contribution in [3.05, 3.63) is 0 Å². The first-order chi connectivity index (χ1) is 5.02. The lowest BCUT2D eigenvalue weighted by Crippen LogP contribution is -2.44. The first-order valence-electron chi connectivity index (χ1n) is 4.48. The number of nitrogens with one attached hydrogen (secondary N) is 1. The van der Waals surface area contributed by atoms with Crippen LogP contribution in [0.1, 0.15) is 47.0 Å². The van der Waals surface area contributed by atoms with Gasteiger partial charge in [-0.25, -0.2) is 0 Å². The van der Waals surface area contributed by atoms with Gasteiger partial charge in [0.15, 0.2) is 0 Å². The maximum Gasteiger partial charge on any atom is 0.0259 e. The van der Waals surface area contributed by atoms with Crippen molar-refractivity contribution in [3.63, 3.8) is 0 Å². The van der Waals surface area contributed by atoms with Gasteiger partial charge in [0, 0.05) is 6.04 Å². The molecule has 0 amide bonds. The Labute approximate surface area is 70.5 Å². The zero-order valence-corrected chi connectivity index (χ0v) is 8.28. The van der Waals surface area contributed by atoms with E-state index in [1.807, 2.05) is 0 Å². The molecule has 2 nitrogen and oxygen atoms in total. The van der Waals surface area contributed by atoms with Crippen molar-refractivity contribution in [1.82, 2.24) is 5.43 Å². The van der Waals surface area contributed by atoms with Crippen LogP contribution in [0.2, 0.25) is 0 Å². The highest BCUT2D eigenvalue weighted by molar-refractivity contribution is 4.77. The van der Waals surface area contributed by atoms with Gasteiger partial charge in [-0.1, -0.05) is 40.5 Å². The lowest BCUT2D eigenvalue weighted by atomic mass is 9.84. The lowest BCUT2D eigenvalue weighted by molar-refractivity contribution is 0.252. The van der Waals surface area contributed by atoms with Gasteiger partial charge in [0.05, 0.1) is 0 Å². The van der Waals surface area contributed by atoms with Gasteiger partial charge in [0.1, 0.15) is 0 Å². The number of nitrogens with two attached hydrogens (primary N) is 1. The average Bonchev–Trinajstić information content (AvgIpc) is 1.87. The minimum Gasteiger partial charge on any atom is -0.271 e. The van der Waals surface area contributed by atoms with Crippen LogP contribution in [0.3, 0.4) is 0 Å². The van der Waals surface area contributed by atoms with E-state index in [4.69, 9.17) is 5.84 Å². The van der Waals surface area contributed by atoms with Crippen LogP contribution in [0.15, 0.2) is 0 Å². The Kier molecular flexibility index (Phi) is 4.69. The van der Waals surface area contributed by atoms with Crippen molar-refractivity contribution in [2.75, 3.05) is 0 Å². The predicted octanol–water partition coefficient (Wildman–Crippen LogP) is 2.05. The molecule has 0 aromatic heterocycles. The molecular weight excluding hydrogens is 136 g/mol. The molecule has 0 rings (SSSR count). The van der Waals surface area contributed by atoms with Gasteiger partial charge in [-0.05, 0) is 11.8 Å². The molecule has 68 valence electrons. The van der Waals surface area contributed by atoms with Crippen LogP contribution in [0.5, 0.6) is 0 Å². The van der Waals surface area contributed by atoms with Gasteiger partial charge in [-0.2, -0.15) is 0 Å². The Morgan fingerprint density at radius 1 is 1.36 bits per heavy atom. The highest BCUT2D eigenvalue weighted by atomic mass is 15.2. The Balaban J connectivity index is 3.76. The summed E-state index contributed by atoms with van der Waals surface area (Å²) in [5, 5.41) is 0. The highest BCUT2D eigenvalue weighted by Gasteiger charge is 2.22. The molecule has 0 aliphatic carbocycles. The van der Waals surface area contributed by atoms with Gasteiger partial charge in [-0.3, -0.25) is 11.3 Å². The molecule has 0 saturated carbocycles. The molecule has 0 aliphatic rings. The number of rotatable bonds is 4. The first kappa shape index (κ1) is 10.9. The van der Waals surface area contributed by atoms with Crippen LogP contribution >= 0.6 is 0 Å². The summed E-state index contributed by atoms with van der Waals surface area (Å²) >= 11 is 0. The van der Waals surface area contributed by atoms with Crippen LogP contribution in [0.25, 0.3) is 0 Å². The summed E-state index contributed by atoms with van der Waals surface area (Å²) in [6, 6.07) is 0.447. The highest BCUT2D eigenvalue weighted by Crippen LogP contribution is 2.22. The molecule has 0 aromatic carbocycles. The summed E-state index contributed by atoms with van der Waals surface area (Å²) in [7, 11) is 0. The Hall–Kier alpha value is -0.0800. The first-order valence-corrected chi connectivity index (χ1v) is 4.48. The largest absolute Gasteiger partial charge is 0.271 e. The summed E-state index contributed by atoms with van der Waals surface area (Å²) in [6.07, 6.45) is 3.68. The van der Waals surface area contributed by atoms with Crippen LogP contribution < -0.4 is 11.3 Å². The lowest BCUT2D eigenvalue weighted by Gasteiger charge is -2.29. The zero-order chi connectivity index (χ0) is 8.91. The Morgan fingerprint density at radius 2 is 1.91 bits per heavy atom. The molecule has 0 aliphatic heterocycles. The quantitative estimate of drug-likeness (QED) is 0.485. The number of hydrogen-bond acceptors (Lipinski definition) is 2. The zero-order valence-electron chi connectivity index (χ0n) is 8.28. The predicted molar refractivity (Wildman–Crippen MR) is 50.1 cm³/mol. The SMILES string of the molecule is CCCCC(NN)C(C)(C)C. The molecule has 0 aromatic rings. The number of hydrazine groups is 1. The summed E-state index contributed by atoms with van der Waals surface area (Å²) in [4.78, 5) is 0. The van der Waals surface area contributed by atoms with Gasteiger partial charge >= 0.3 is 0 Å². The van der Waals surface area contributed by atoms with E-state index in [1.54, 1.807) is 0 Å². The van der Waals surface area contributed by atoms with Crippen molar-refractivity contribution < 1.29 is 0 Å². The van der Waals surface area contributed by atoms with Gasteiger partial charge in [0.25, 0.3) is 0 Å². The van der Waals surface area contributed by atoms with Gasteiger partial charge in [-0.15, -0.1) is 0 Å². The smallest absolute Gasteiger partial charge is 0.0259 e. The van der Waals surface area contributed by atoms with E-state index in [2.05, 4.69) is 33.1 Å². The molecular formula is C9H22N2. The van der Waals surface area contributed by atoms with Crippen LogP contribution in [0.4, 0.5) is 0 Å². The number of unbranched alkanes of at least 4 members (excludes halogenated alkanes) is 1. The second-order valence-electron chi connectivity index (χ2n) is 4.23. The van der Waals surface area contributed by atoms with Crippen LogP contribution in [-0.4, -0.2) is 6.04 Å². The number of hydrogen-bond donors (Lipinski definition) is 2. The third kappa shape index (κ3) is 4.38. The fourth-order valence-electron chi connectivity index (χ4n) is 1.17. The third-order valence-electron chi connectivity index (χ3n) is 2.09. The van der Waals surface area contributed by atoms with E-state index < -0.39 is 0 Å². The summed E-state index contributed by atoms with van der Waals surface area (Å²) in [5.74, 6) is 5.45. The molecule has 0 fully saturated rings. The molecule has 2 heteroatoms. The molecule has 1 unspecified atom stereocenters. The van der Waals surface area contributed by atoms with Crippen molar-refractivity contribution in [2.24, 2.45) is 11.3 Å². The monoisotopic (exact) mass is 158 g/mol. The fourth-order valence-corrected chi connectivity index (χ4v) is 1.17. The van der Waals surface area contributed by atoms with Gasteiger partial charge in [0.2, 0.25) is 0 Å². The molecule has 0 spiro atoms. The van der Waals surface area contributed by atoms with Crippen molar-refractivity contribution in [3.8, 4) is 0 Å². The van der Waals surface area contributed by atoms with Crippen LogP contribution in [-0.2, 0) is 0 Å². The minimum atomic E-state index is 0.282. The Bertz CT molecular complexity index is 94.2. The average molecular weight is 158 g/mol. The standard InChI is InChI=1S/C9H22N2/c1-5-6-7-8(11-10)9(2,3)4/h8,11H,5-7,10H2,1-4H3. The molecule has 0 radical (unpaired) electrons. The van der Waals surface area contributed by atoms with Gasteiger partial charge < -0.3 is 0 Å². The summed E-state index contributed by atoms with van der Waals surface area (Å²) in [5.41, 5.74) is 3.16. The minimum absolute atomic E-state index is 0.282. The van der Waals surface area contributed by atoms with E-state index >= 15 is 0 Å². The summed E-state index contributed by atoms with van der Waals surface area (Å²) in [6.45, 7) is 8.85. The molecule has 1 atom stereocenters. The maximum atomic E-state index is 5.45. The molecule has 0 saturated heterocycles. The summed E-state index contributed by atoms with van der Waals surface area (Å²) < 4.78 is 0. The maximum absolute atomic E-state index is 5.45. The fraction of sp³-hybridized carbons (Fsp3) is 1.00. The topological polar surface area (TPSA) is 38.0 Å². The van der Waals surface area contributed by atoms with E-state index in [0.29, 0.717) is 6.04 Å². The molecule has 11 heavy (non-hydrogen) atoms. The van der Waals surface area contributed by atoms with Crippen molar-refractivity contribution >= 4 is 0 Å². The normalized spacial score (nSPS) is 15.0. The van der Waals surface area contributed by atoms with Crippen molar-refractivity contribution in [1.29, 1.82) is 0 Å².